The van der Waals surface area contributed by atoms with Gasteiger partial charge in [-0.1, -0.05) is 6.07 Å². The average Bonchev–Trinajstić information content (AvgIpc) is 3.63. The molecule has 1 saturated carbocycles. The highest BCUT2D eigenvalue weighted by Crippen LogP contribution is 2.23. The predicted molar refractivity (Wildman–Crippen MR) is 125 cm³/mol. The van der Waals surface area contributed by atoms with E-state index < -0.39 is 15.9 Å². The number of sulfonamides is 1. The van der Waals surface area contributed by atoms with Crippen molar-refractivity contribution >= 4 is 33.2 Å². The minimum absolute atomic E-state index is 0.0244. The molecule has 0 atom stereocenters. The Morgan fingerprint density at radius 1 is 1.09 bits per heavy atom. The van der Waals surface area contributed by atoms with Crippen molar-refractivity contribution in [3.8, 4) is 0 Å². The van der Waals surface area contributed by atoms with Crippen molar-refractivity contribution < 1.29 is 22.7 Å². The molecule has 4 rings (SSSR count). The molecule has 1 saturated heterocycles. The quantitative estimate of drug-likeness (QED) is 0.605. The van der Waals surface area contributed by atoms with Crippen molar-refractivity contribution in [2.45, 2.75) is 23.8 Å². The molecule has 1 aliphatic heterocycles. The molecule has 33 heavy (non-hydrogen) atoms. The number of carbonyl (C=O) groups excluding carboxylic acids is 2. The molecule has 2 aliphatic rings. The van der Waals surface area contributed by atoms with Gasteiger partial charge in [0.15, 0.2) is 0 Å². The van der Waals surface area contributed by atoms with Crippen LogP contribution in [0.5, 0.6) is 0 Å². The van der Waals surface area contributed by atoms with Crippen molar-refractivity contribution in [1.29, 1.82) is 0 Å². The molecule has 1 heterocycles. The molecule has 176 valence electrons. The maximum Gasteiger partial charge on any atom is 0.254 e. The summed E-state index contributed by atoms with van der Waals surface area (Å²) in [6.07, 6.45) is 1.65. The molecule has 1 aliphatic carbocycles. The largest absolute Gasteiger partial charge is 0.378 e. The van der Waals surface area contributed by atoms with E-state index in [9.17, 15) is 18.0 Å². The lowest BCUT2D eigenvalue weighted by molar-refractivity contribution is -0.116. The smallest absolute Gasteiger partial charge is 0.254 e. The molecule has 0 aromatic heterocycles. The Balaban J connectivity index is 1.34. The Hall–Kier alpha value is -2.95. The first-order valence-electron chi connectivity index (χ1n) is 10.9. The number of amides is 2. The monoisotopic (exact) mass is 472 g/mol. The van der Waals surface area contributed by atoms with Crippen LogP contribution >= 0.6 is 0 Å². The summed E-state index contributed by atoms with van der Waals surface area (Å²) in [5.74, 6) is -0.777. The topological polar surface area (TPSA) is 108 Å². The van der Waals surface area contributed by atoms with Crippen LogP contribution in [0.15, 0.2) is 53.4 Å². The van der Waals surface area contributed by atoms with Gasteiger partial charge in [0.2, 0.25) is 15.9 Å². The molecule has 0 radical (unpaired) electrons. The SMILES string of the molecule is CN(CC(=O)Nc1ccc(N2CCOCC2)cc1)C(=O)c1cccc(S(=O)(=O)NC2CC2)c1. The fourth-order valence-corrected chi connectivity index (χ4v) is 4.92. The molecule has 2 fully saturated rings. The first-order valence-corrected chi connectivity index (χ1v) is 12.4. The summed E-state index contributed by atoms with van der Waals surface area (Å²) >= 11 is 0. The summed E-state index contributed by atoms with van der Waals surface area (Å²) in [4.78, 5) is 28.8. The number of anilines is 2. The maximum absolute atomic E-state index is 12.8. The Kier molecular flexibility index (Phi) is 6.96. The summed E-state index contributed by atoms with van der Waals surface area (Å²) in [7, 11) is -2.16. The van der Waals surface area contributed by atoms with Crippen molar-refractivity contribution in [3.63, 3.8) is 0 Å². The summed E-state index contributed by atoms with van der Waals surface area (Å²) in [5, 5.41) is 2.79. The summed E-state index contributed by atoms with van der Waals surface area (Å²) in [5.41, 5.74) is 1.91. The second-order valence-electron chi connectivity index (χ2n) is 8.28. The van der Waals surface area contributed by atoms with Crippen LogP contribution in [-0.4, -0.2) is 71.1 Å². The van der Waals surface area contributed by atoms with Crippen LogP contribution in [0, 0.1) is 0 Å². The third-order valence-electron chi connectivity index (χ3n) is 5.55. The Bertz CT molecular complexity index is 1110. The van der Waals surface area contributed by atoms with E-state index in [1.165, 1.54) is 36.2 Å². The normalized spacial score (nSPS) is 16.3. The van der Waals surface area contributed by atoms with Crippen LogP contribution in [-0.2, 0) is 19.6 Å². The Labute approximate surface area is 193 Å². The summed E-state index contributed by atoms with van der Waals surface area (Å²) < 4.78 is 32.8. The van der Waals surface area contributed by atoms with Crippen LogP contribution in [0.4, 0.5) is 11.4 Å². The number of ether oxygens (including phenoxy) is 1. The van der Waals surface area contributed by atoms with Crippen LogP contribution in [0.3, 0.4) is 0 Å². The Morgan fingerprint density at radius 2 is 1.79 bits per heavy atom. The molecule has 2 amide bonds. The number of morpholine rings is 1. The molecule has 9 nitrogen and oxygen atoms in total. The average molecular weight is 473 g/mol. The van der Waals surface area contributed by atoms with E-state index in [0.717, 1.165) is 31.6 Å². The lowest BCUT2D eigenvalue weighted by Crippen LogP contribution is -2.36. The van der Waals surface area contributed by atoms with Crippen molar-refractivity contribution in [2.24, 2.45) is 0 Å². The van der Waals surface area contributed by atoms with E-state index in [0.29, 0.717) is 18.9 Å². The zero-order chi connectivity index (χ0) is 23.4. The second kappa shape index (κ2) is 9.90. The van der Waals surface area contributed by atoms with Gasteiger partial charge in [-0.25, -0.2) is 13.1 Å². The molecular weight excluding hydrogens is 444 g/mol. The third kappa shape index (κ3) is 6.10. The van der Waals surface area contributed by atoms with E-state index in [-0.39, 0.29) is 29.0 Å². The molecule has 2 aromatic rings. The highest BCUT2D eigenvalue weighted by atomic mass is 32.2. The molecular formula is C23H28N4O5S. The van der Waals surface area contributed by atoms with E-state index >= 15 is 0 Å². The summed E-state index contributed by atoms with van der Waals surface area (Å²) in [6.45, 7) is 2.90. The third-order valence-corrected chi connectivity index (χ3v) is 7.06. The minimum Gasteiger partial charge on any atom is -0.378 e. The predicted octanol–water partition coefficient (Wildman–Crippen LogP) is 1.67. The van der Waals surface area contributed by atoms with Gasteiger partial charge in [0, 0.05) is 43.1 Å². The zero-order valence-corrected chi connectivity index (χ0v) is 19.3. The fourth-order valence-electron chi connectivity index (χ4n) is 3.57. The van der Waals surface area contributed by atoms with Crippen LogP contribution < -0.4 is 14.9 Å². The Morgan fingerprint density at radius 3 is 2.45 bits per heavy atom. The van der Waals surface area contributed by atoms with Gasteiger partial charge in [0.25, 0.3) is 5.91 Å². The van der Waals surface area contributed by atoms with Crippen molar-refractivity contribution in [1.82, 2.24) is 9.62 Å². The molecule has 2 aromatic carbocycles. The first kappa shape index (κ1) is 23.2. The molecule has 0 unspecified atom stereocenters. The molecule has 2 N–H and O–H groups in total. The van der Waals surface area contributed by atoms with Crippen LogP contribution in [0.25, 0.3) is 0 Å². The number of hydrogen-bond donors (Lipinski definition) is 2. The van der Waals surface area contributed by atoms with Gasteiger partial charge >= 0.3 is 0 Å². The highest BCUT2D eigenvalue weighted by Gasteiger charge is 2.28. The first-order chi connectivity index (χ1) is 15.8. The van der Waals surface area contributed by atoms with Crippen molar-refractivity contribution in [3.05, 3.63) is 54.1 Å². The standard InChI is InChI=1S/C23H28N4O5S/c1-26(23(29)17-3-2-4-21(15-17)33(30,31)25-19-5-6-19)16-22(28)24-18-7-9-20(10-8-18)27-11-13-32-14-12-27/h2-4,7-10,15,19,25H,5-6,11-14,16H2,1H3,(H,24,28). The van der Waals surface area contributed by atoms with Gasteiger partial charge in [0.05, 0.1) is 24.7 Å². The lowest BCUT2D eigenvalue weighted by atomic mass is 10.2. The minimum atomic E-state index is -3.66. The van der Waals surface area contributed by atoms with E-state index in [4.69, 9.17) is 4.74 Å². The molecule has 10 heteroatoms. The molecule has 0 spiro atoms. The van der Waals surface area contributed by atoms with Crippen molar-refractivity contribution in [2.75, 3.05) is 50.1 Å². The number of nitrogens with one attached hydrogen (secondary N) is 2. The number of rotatable bonds is 8. The summed E-state index contributed by atoms with van der Waals surface area (Å²) in [6, 6.07) is 13.4. The van der Waals surface area contributed by atoms with Gasteiger partial charge < -0.3 is 19.9 Å². The van der Waals surface area contributed by atoms with Gasteiger partial charge in [-0.2, -0.15) is 0 Å². The van der Waals surface area contributed by atoms with E-state index in [1.54, 1.807) is 0 Å². The fraction of sp³-hybridized carbons (Fsp3) is 0.391. The molecule has 0 bridgehead atoms. The number of benzene rings is 2. The van der Waals surface area contributed by atoms with Gasteiger partial charge in [-0.3, -0.25) is 9.59 Å². The zero-order valence-electron chi connectivity index (χ0n) is 18.5. The lowest BCUT2D eigenvalue weighted by Gasteiger charge is -2.28. The van der Waals surface area contributed by atoms with Gasteiger partial charge in [-0.05, 0) is 55.3 Å². The van der Waals surface area contributed by atoms with E-state index in [2.05, 4.69) is 14.9 Å². The number of carbonyl (C=O) groups is 2. The maximum atomic E-state index is 12.8. The van der Waals surface area contributed by atoms with Crippen LogP contribution in [0.2, 0.25) is 0 Å². The van der Waals surface area contributed by atoms with Crippen LogP contribution in [0.1, 0.15) is 23.2 Å². The highest BCUT2D eigenvalue weighted by molar-refractivity contribution is 7.89. The second-order valence-corrected chi connectivity index (χ2v) is 9.99. The van der Waals surface area contributed by atoms with E-state index in [1.807, 2.05) is 24.3 Å². The number of hydrogen-bond acceptors (Lipinski definition) is 6. The number of nitrogens with zero attached hydrogens (tertiary/aromatic N) is 2. The number of likely N-dealkylation sites (N-methyl/N-ethyl adjacent to an activating group) is 1. The van der Waals surface area contributed by atoms with Gasteiger partial charge in [-0.15, -0.1) is 0 Å². The van der Waals surface area contributed by atoms with Gasteiger partial charge in [0.1, 0.15) is 0 Å².